The average molecular weight is 318 g/mol. The lowest BCUT2D eigenvalue weighted by atomic mass is 10.2. The molecule has 16 heavy (non-hydrogen) atoms. The molecule has 0 bridgehead atoms. The van der Waals surface area contributed by atoms with E-state index in [9.17, 15) is 0 Å². The largest absolute Gasteiger partial charge is 0.375 e. The minimum Gasteiger partial charge on any atom is -0.375 e. The molecule has 0 aliphatic rings. The van der Waals surface area contributed by atoms with Gasteiger partial charge in [-0.05, 0) is 25.1 Å². The van der Waals surface area contributed by atoms with Gasteiger partial charge in [0.05, 0.1) is 16.8 Å². The van der Waals surface area contributed by atoms with Crippen LogP contribution in [0.4, 0.5) is 5.69 Å². The van der Waals surface area contributed by atoms with Crippen LogP contribution in [0.5, 0.6) is 0 Å². The fraction of sp³-hybridized carbons (Fsp3) is 0.182. The van der Waals surface area contributed by atoms with Crippen molar-refractivity contribution in [1.82, 2.24) is 4.98 Å². The molecule has 0 fully saturated rings. The lowest BCUT2D eigenvalue weighted by Crippen LogP contribution is -2.06. The van der Waals surface area contributed by atoms with E-state index in [0.717, 1.165) is 15.2 Å². The SMILES string of the molecule is CC(Nc1cc(Br)ccc1Cl)c1nccs1. The zero-order valence-electron chi connectivity index (χ0n) is 8.58. The van der Waals surface area contributed by atoms with Crippen LogP contribution in [0.1, 0.15) is 18.0 Å². The van der Waals surface area contributed by atoms with Crippen molar-refractivity contribution in [3.8, 4) is 0 Å². The van der Waals surface area contributed by atoms with Gasteiger partial charge in [-0.2, -0.15) is 0 Å². The molecule has 0 amide bonds. The second-order valence-electron chi connectivity index (χ2n) is 3.36. The third kappa shape index (κ3) is 2.75. The Morgan fingerprint density at radius 2 is 2.31 bits per heavy atom. The van der Waals surface area contributed by atoms with Crippen molar-refractivity contribution >= 4 is 44.6 Å². The van der Waals surface area contributed by atoms with Crippen molar-refractivity contribution in [2.75, 3.05) is 5.32 Å². The molecule has 2 rings (SSSR count). The molecular formula is C11H10BrClN2S. The van der Waals surface area contributed by atoms with Crippen molar-refractivity contribution in [2.24, 2.45) is 0 Å². The number of anilines is 1. The fourth-order valence-electron chi connectivity index (χ4n) is 1.35. The first-order chi connectivity index (χ1) is 7.66. The van der Waals surface area contributed by atoms with Crippen molar-refractivity contribution in [2.45, 2.75) is 13.0 Å². The van der Waals surface area contributed by atoms with E-state index in [2.05, 4.69) is 33.2 Å². The van der Waals surface area contributed by atoms with E-state index < -0.39 is 0 Å². The van der Waals surface area contributed by atoms with Gasteiger partial charge < -0.3 is 5.32 Å². The number of nitrogens with zero attached hydrogens (tertiary/aromatic N) is 1. The van der Waals surface area contributed by atoms with Gasteiger partial charge in [0.1, 0.15) is 5.01 Å². The molecule has 1 aromatic heterocycles. The number of hydrogen-bond donors (Lipinski definition) is 1. The standard InChI is InChI=1S/C11H10BrClN2S/c1-7(11-14-4-5-16-11)15-10-6-8(12)2-3-9(10)13/h2-7,15H,1H3. The molecule has 0 aliphatic carbocycles. The molecule has 0 saturated heterocycles. The summed E-state index contributed by atoms with van der Waals surface area (Å²) in [6.07, 6.45) is 1.81. The normalized spacial score (nSPS) is 12.4. The molecule has 2 aromatic rings. The van der Waals surface area contributed by atoms with Gasteiger partial charge in [-0.25, -0.2) is 4.98 Å². The Morgan fingerprint density at radius 1 is 1.50 bits per heavy atom. The zero-order valence-corrected chi connectivity index (χ0v) is 11.7. The molecule has 1 heterocycles. The lowest BCUT2D eigenvalue weighted by Gasteiger charge is -2.14. The molecule has 2 nitrogen and oxygen atoms in total. The van der Waals surface area contributed by atoms with Crippen LogP contribution < -0.4 is 5.32 Å². The highest BCUT2D eigenvalue weighted by Crippen LogP contribution is 2.29. The number of halogens is 2. The minimum atomic E-state index is 0.159. The third-order valence-electron chi connectivity index (χ3n) is 2.12. The minimum absolute atomic E-state index is 0.159. The summed E-state index contributed by atoms with van der Waals surface area (Å²) in [7, 11) is 0. The van der Waals surface area contributed by atoms with Gasteiger partial charge in [-0.1, -0.05) is 27.5 Å². The van der Waals surface area contributed by atoms with Crippen molar-refractivity contribution < 1.29 is 0 Å². The maximum atomic E-state index is 6.10. The highest BCUT2D eigenvalue weighted by atomic mass is 79.9. The fourth-order valence-corrected chi connectivity index (χ4v) is 2.53. The Labute approximate surface area is 112 Å². The van der Waals surface area contributed by atoms with Crippen LogP contribution >= 0.6 is 38.9 Å². The topological polar surface area (TPSA) is 24.9 Å². The summed E-state index contributed by atoms with van der Waals surface area (Å²) in [6, 6.07) is 5.91. The van der Waals surface area contributed by atoms with Crippen LogP contribution in [0.15, 0.2) is 34.2 Å². The second kappa shape index (κ2) is 5.17. The quantitative estimate of drug-likeness (QED) is 0.885. The molecule has 0 spiro atoms. The predicted octanol–water partition coefficient (Wildman–Crippen LogP) is 4.73. The van der Waals surface area contributed by atoms with Crippen LogP contribution in [0, 0.1) is 0 Å². The first-order valence-corrected chi connectivity index (χ1v) is 6.83. The van der Waals surface area contributed by atoms with Gasteiger partial charge in [0.2, 0.25) is 0 Å². The maximum Gasteiger partial charge on any atom is 0.115 e. The summed E-state index contributed by atoms with van der Waals surface area (Å²) in [4.78, 5) is 4.27. The van der Waals surface area contributed by atoms with E-state index in [1.165, 1.54) is 0 Å². The molecular weight excluding hydrogens is 308 g/mol. The second-order valence-corrected chi connectivity index (χ2v) is 5.61. The van der Waals surface area contributed by atoms with Crippen LogP contribution in [0.2, 0.25) is 5.02 Å². The first-order valence-electron chi connectivity index (χ1n) is 4.78. The van der Waals surface area contributed by atoms with Crippen molar-refractivity contribution in [3.05, 3.63) is 44.3 Å². The summed E-state index contributed by atoms with van der Waals surface area (Å²) in [6.45, 7) is 2.07. The molecule has 1 atom stereocenters. The van der Waals surface area contributed by atoms with Crippen LogP contribution in [-0.4, -0.2) is 4.98 Å². The molecule has 0 aliphatic heterocycles. The first kappa shape index (κ1) is 11.9. The summed E-state index contributed by atoms with van der Waals surface area (Å²) in [5.41, 5.74) is 0.916. The van der Waals surface area contributed by atoms with Gasteiger partial charge in [-0.3, -0.25) is 0 Å². The van der Waals surface area contributed by atoms with Crippen LogP contribution in [0.25, 0.3) is 0 Å². The summed E-state index contributed by atoms with van der Waals surface area (Å²) in [5, 5.41) is 7.07. The molecule has 84 valence electrons. The van der Waals surface area contributed by atoms with Gasteiger partial charge in [-0.15, -0.1) is 11.3 Å². The molecule has 5 heteroatoms. The van der Waals surface area contributed by atoms with E-state index in [-0.39, 0.29) is 6.04 Å². The number of aromatic nitrogens is 1. The molecule has 0 radical (unpaired) electrons. The lowest BCUT2D eigenvalue weighted by molar-refractivity contribution is 0.870. The Balaban J connectivity index is 2.17. The number of hydrogen-bond acceptors (Lipinski definition) is 3. The van der Waals surface area contributed by atoms with E-state index >= 15 is 0 Å². The number of thiazole rings is 1. The van der Waals surface area contributed by atoms with Gasteiger partial charge in [0, 0.05) is 16.0 Å². The zero-order chi connectivity index (χ0) is 11.5. The summed E-state index contributed by atoms with van der Waals surface area (Å²) < 4.78 is 1.01. The Hall–Kier alpha value is -0.580. The summed E-state index contributed by atoms with van der Waals surface area (Å²) in [5.74, 6) is 0. The number of nitrogens with one attached hydrogen (secondary N) is 1. The van der Waals surface area contributed by atoms with Crippen molar-refractivity contribution in [3.63, 3.8) is 0 Å². The maximum absolute atomic E-state index is 6.10. The van der Waals surface area contributed by atoms with E-state index in [4.69, 9.17) is 11.6 Å². The summed E-state index contributed by atoms with van der Waals surface area (Å²) >= 11 is 11.2. The molecule has 1 unspecified atom stereocenters. The number of rotatable bonds is 3. The predicted molar refractivity (Wildman–Crippen MR) is 73.3 cm³/mol. The number of benzene rings is 1. The van der Waals surface area contributed by atoms with E-state index in [0.29, 0.717) is 5.02 Å². The monoisotopic (exact) mass is 316 g/mol. The molecule has 1 aromatic carbocycles. The highest BCUT2D eigenvalue weighted by Gasteiger charge is 2.09. The molecule has 1 N–H and O–H groups in total. The van der Waals surface area contributed by atoms with Gasteiger partial charge >= 0.3 is 0 Å². The van der Waals surface area contributed by atoms with Crippen LogP contribution in [-0.2, 0) is 0 Å². The Morgan fingerprint density at radius 3 is 3.00 bits per heavy atom. The smallest absolute Gasteiger partial charge is 0.115 e. The van der Waals surface area contributed by atoms with Gasteiger partial charge in [0.15, 0.2) is 0 Å². The third-order valence-corrected chi connectivity index (χ3v) is 3.90. The van der Waals surface area contributed by atoms with Gasteiger partial charge in [0.25, 0.3) is 0 Å². The van der Waals surface area contributed by atoms with Crippen LogP contribution in [0.3, 0.4) is 0 Å². The average Bonchev–Trinajstić information content (AvgIpc) is 2.76. The van der Waals surface area contributed by atoms with E-state index in [1.807, 2.05) is 23.6 Å². The Bertz CT molecular complexity index is 473. The molecule has 0 saturated carbocycles. The highest BCUT2D eigenvalue weighted by molar-refractivity contribution is 9.10. The van der Waals surface area contributed by atoms with Crippen molar-refractivity contribution in [1.29, 1.82) is 0 Å². The van der Waals surface area contributed by atoms with E-state index in [1.54, 1.807) is 17.5 Å². The Kier molecular flexibility index (Phi) is 3.84.